The third kappa shape index (κ3) is 3.19. The summed E-state index contributed by atoms with van der Waals surface area (Å²) in [7, 11) is 0. The minimum atomic E-state index is 0.155. The average Bonchev–Trinajstić information content (AvgIpc) is 3.09. The van der Waals surface area contributed by atoms with Crippen molar-refractivity contribution in [1.82, 2.24) is 24.6 Å². The van der Waals surface area contributed by atoms with Crippen LogP contribution in [0.3, 0.4) is 0 Å². The molecule has 1 aliphatic rings. The first-order valence-electron chi connectivity index (χ1n) is 7.06. The molecule has 1 saturated heterocycles. The molecule has 0 aliphatic carbocycles. The molecule has 4 N–H and O–H groups in total. The predicted molar refractivity (Wildman–Crippen MR) is 82.7 cm³/mol. The van der Waals surface area contributed by atoms with Crippen LogP contribution < -0.4 is 11.5 Å². The van der Waals surface area contributed by atoms with Gasteiger partial charge in [-0.1, -0.05) is 6.08 Å². The SMILES string of the molecule is Nc1nc(N)n(-c2ccc(C=CCN3CCCC3)nc2)n1. The number of nitrogens with zero attached hydrogens (tertiary/aromatic N) is 5. The van der Waals surface area contributed by atoms with E-state index in [0.29, 0.717) is 0 Å². The van der Waals surface area contributed by atoms with Gasteiger partial charge in [-0.05, 0) is 44.1 Å². The highest BCUT2D eigenvalue weighted by atomic mass is 15.4. The van der Waals surface area contributed by atoms with Crippen molar-refractivity contribution in [3.8, 4) is 5.69 Å². The van der Waals surface area contributed by atoms with Gasteiger partial charge in [-0.15, -0.1) is 5.10 Å². The molecule has 3 rings (SSSR count). The quantitative estimate of drug-likeness (QED) is 0.867. The number of hydrogen-bond acceptors (Lipinski definition) is 6. The number of hydrogen-bond donors (Lipinski definition) is 2. The Morgan fingerprint density at radius 2 is 2.00 bits per heavy atom. The number of pyridine rings is 1. The molecule has 0 bridgehead atoms. The molecule has 1 fully saturated rings. The molecule has 7 nitrogen and oxygen atoms in total. The van der Waals surface area contributed by atoms with Crippen LogP contribution in [0.2, 0.25) is 0 Å². The van der Waals surface area contributed by atoms with Crippen LogP contribution in [0, 0.1) is 0 Å². The van der Waals surface area contributed by atoms with Gasteiger partial charge in [-0.25, -0.2) is 0 Å². The van der Waals surface area contributed by atoms with Crippen LogP contribution >= 0.6 is 0 Å². The van der Waals surface area contributed by atoms with Gasteiger partial charge in [0, 0.05) is 6.54 Å². The third-order valence-electron chi connectivity index (χ3n) is 3.51. The fourth-order valence-corrected chi connectivity index (χ4v) is 2.44. The summed E-state index contributed by atoms with van der Waals surface area (Å²) in [6.45, 7) is 3.38. The highest BCUT2D eigenvalue weighted by Gasteiger charge is 2.09. The molecule has 0 saturated carbocycles. The number of nitrogen functional groups attached to an aromatic ring is 2. The molecule has 110 valence electrons. The Morgan fingerprint density at radius 1 is 1.19 bits per heavy atom. The molecule has 2 aromatic rings. The molecule has 0 unspecified atom stereocenters. The molecule has 0 atom stereocenters. The highest BCUT2D eigenvalue weighted by Crippen LogP contribution is 2.12. The van der Waals surface area contributed by atoms with Gasteiger partial charge in [0.2, 0.25) is 11.9 Å². The van der Waals surface area contributed by atoms with Gasteiger partial charge in [0.15, 0.2) is 0 Å². The topological polar surface area (TPSA) is 98.9 Å². The summed E-state index contributed by atoms with van der Waals surface area (Å²) in [6, 6.07) is 3.82. The zero-order valence-electron chi connectivity index (χ0n) is 11.8. The van der Waals surface area contributed by atoms with Gasteiger partial charge in [0.1, 0.15) is 0 Å². The molecular formula is C14H19N7. The zero-order valence-corrected chi connectivity index (χ0v) is 11.8. The second-order valence-corrected chi connectivity index (χ2v) is 5.09. The Bertz CT molecular complexity index is 623. The Morgan fingerprint density at radius 3 is 2.62 bits per heavy atom. The van der Waals surface area contributed by atoms with E-state index < -0.39 is 0 Å². The normalized spacial score (nSPS) is 16.0. The molecule has 0 amide bonds. The first-order chi connectivity index (χ1) is 10.2. The van der Waals surface area contributed by atoms with Crippen LogP contribution in [0.5, 0.6) is 0 Å². The molecule has 0 radical (unpaired) electrons. The van der Waals surface area contributed by atoms with E-state index in [9.17, 15) is 0 Å². The van der Waals surface area contributed by atoms with E-state index in [2.05, 4.69) is 26.0 Å². The number of likely N-dealkylation sites (tertiary alicyclic amines) is 1. The number of aromatic nitrogens is 4. The van der Waals surface area contributed by atoms with Crippen LogP contribution in [0.4, 0.5) is 11.9 Å². The van der Waals surface area contributed by atoms with Crippen molar-refractivity contribution in [2.24, 2.45) is 0 Å². The predicted octanol–water partition coefficient (Wildman–Crippen LogP) is 0.936. The Hall–Kier alpha value is -2.41. The van der Waals surface area contributed by atoms with Crippen LogP contribution in [-0.2, 0) is 0 Å². The number of nitrogens with two attached hydrogens (primary N) is 2. The third-order valence-corrected chi connectivity index (χ3v) is 3.51. The summed E-state index contributed by atoms with van der Waals surface area (Å²) < 4.78 is 1.47. The molecule has 3 heterocycles. The van der Waals surface area contributed by atoms with Crippen LogP contribution in [0.25, 0.3) is 11.8 Å². The molecule has 2 aromatic heterocycles. The zero-order chi connectivity index (χ0) is 14.7. The van der Waals surface area contributed by atoms with E-state index in [1.54, 1.807) is 6.20 Å². The average molecular weight is 285 g/mol. The Balaban J connectivity index is 1.66. The summed E-state index contributed by atoms with van der Waals surface area (Å²) in [5.41, 5.74) is 12.9. The molecule has 0 spiro atoms. The number of anilines is 2. The first kappa shape index (κ1) is 13.6. The lowest BCUT2D eigenvalue weighted by atomic mass is 10.3. The van der Waals surface area contributed by atoms with Crippen molar-refractivity contribution in [2.75, 3.05) is 31.1 Å². The molecule has 21 heavy (non-hydrogen) atoms. The lowest BCUT2D eigenvalue weighted by Gasteiger charge is -2.10. The van der Waals surface area contributed by atoms with Crippen LogP contribution in [-0.4, -0.2) is 44.3 Å². The van der Waals surface area contributed by atoms with Crippen molar-refractivity contribution >= 4 is 18.0 Å². The summed E-state index contributed by atoms with van der Waals surface area (Å²) in [5, 5.41) is 4.02. The Kier molecular flexibility index (Phi) is 3.83. The maximum absolute atomic E-state index is 5.72. The fourth-order valence-electron chi connectivity index (χ4n) is 2.44. The van der Waals surface area contributed by atoms with E-state index in [-0.39, 0.29) is 11.9 Å². The minimum Gasteiger partial charge on any atom is -0.368 e. The second-order valence-electron chi connectivity index (χ2n) is 5.09. The summed E-state index contributed by atoms with van der Waals surface area (Å²) >= 11 is 0. The van der Waals surface area contributed by atoms with Gasteiger partial charge < -0.3 is 11.5 Å². The van der Waals surface area contributed by atoms with Gasteiger partial charge in [0.25, 0.3) is 0 Å². The maximum atomic E-state index is 5.72. The van der Waals surface area contributed by atoms with Crippen molar-refractivity contribution < 1.29 is 0 Å². The smallest absolute Gasteiger partial charge is 0.241 e. The summed E-state index contributed by atoms with van der Waals surface area (Å²) in [5.74, 6) is 0.411. The minimum absolute atomic E-state index is 0.155. The monoisotopic (exact) mass is 285 g/mol. The van der Waals surface area contributed by atoms with Crippen molar-refractivity contribution in [3.63, 3.8) is 0 Å². The first-order valence-corrected chi connectivity index (χ1v) is 7.06. The Labute approximate surface area is 123 Å². The molecule has 0 aromatic carbocycles. The second kappa shape index (κ2) is 5.92. The highest BCUT2D eigenvalue weighted by molar-refractivity contribution is 5.47. The standard InChI is InChI=1S/C14H19N7/c15-13-18-14(16)21(19-13)12-6-5-11(17-10-12)4-3-9-20-7-1-2-8-20/h3-6,10H,1-2,7-9H2,(H4,15,16,18,19). The maximum Gasteiger partial charge on any atom is 0.241 e. The largest absolute Gasteiger partial charge is 0.368 e. The summed E-state index contributed by atoms with van der Waals surface area (Å²) in [6.07, 6.45) is 8.50. The van der Waals surface area contributed by atoms with E-state index in [0.717, 1.165) is 17.9 Å². The van der Waals surface area contributed by atoms with Crippen molar-refractivity contribution in [1.29, 1.82) is 0 Å². The van der Waals surface area contributed by atoms with Crippen molar-refractivity contribution in [3.05, 3.63) is 30.1 Å². The lowest BCUT2D eigenvalue weighted by Crippen LogP contribution is -2.18. The fraction of sp³-hybridized carbons (Fsp3) is 0.357. The van der Waals surface area contributed by atoms with Gasteiger partial charge in [-0.3, -0.25) is 9.88 Å². The lowest BCUT2D eigenvalue weighted by molar-refractivity contribution is 0.378. The molecule has 7 heteroatoms. The van der Waals surface area contributed by atoms with Gasteiger partial charge >= 0.3 is 0 Å². The van der Waals surface area contributed by atoms with Gasteiger partial charge in [0.05, 0.1) is 17.6 Å². The molecular weight excluding hydrogens is 266 g/mol. The van der Waals surface area contributed by atoms with E-state index in [1.807, 2.05) is 18.2 Å². The van der Waals surface area contributed by atoms with Crippen molar-refractivity contribution in [2.45, 2.75) is 12.8 Å². The van der Waals surface area contributed by atoms with E-state index >= 15 is 0 Å². The molecule has 1 aliphatic heterocycles. The number of rotatable bonds is 4. The van der Waals surface area contributed by atoms with Gasteiger partial charge in [-0.2, -0.15) is 9.67 Å². The van der Waals surface area contributed by atoms with Crippen LogP contribution in [0.15, 0.2) is 24.4 Å². The van der Waals surface area contributed by atoms with Crippen LogP contribution in [0.1, 0.15) is 18.5 Å². The summed E-state index contributed by atoms with van der Waals surface area (Å²) in [4.78, 5) is 10.7. The van der Waals surface area contributed by atoms with E-state index in [4.69, 9.17) is 11.5 Å². The van der Waals surface area contributed by atoms with E-state index in [1.165, 1.54) is 30.6 Å².